The van der Waals surface area contributed by atoms with Gasteiger partial charge >= 0.3 is 0 Å². The number of aromatic nitrogens is 2. The summed E-state index contributed by atoms with van der Waals surface area (Å²) in [6, 6.07) is 4.74. The highest BCUT2D eigenvalue weighted by molar-refractivity contribution is 5.61. The Labute approximate surface area is 115 Å². The molecule has 1 aromatic heterocycles. The molecule has 1 aromatic carbocycles. The SMILES string of the molecule is Cc1cc([N+](=O)[O-])ccc1-c1nc(C2CCCN2)no1. The van der Waals surface area contributed by atoms with E-state index in [1.165, 1.54) is 12.1 Å². The van der Waals surface area contributed by atoms with Crippen molar-refractivity contribution in [3.05, 3.63) is 39.7 Å². The van der Waals surface area contributed by atoms with Crippen molar-refractivity contribution in [2.75, 3.05) is 6.54 Å². The molecule has 1 fully saturated rings. The van der Waals surface area contributed by atoms with E-state index in [0.717, 1.165) is 30.5 Å². The van der Waals surface area contributed by atoms with Gasteiger partial charge in [-0.15, -0.1) is 0 Å². The van der Waals surface area contributed by atoms with E-state index in [2.05, 4.69) is 15.5 Å². The minimum Gasteiger partial charge on any atom is -0.334 e. The van der Waals surface area contributed by atoms with Crippen molar-refractivity contribution in [1.29, 1.82) is 0 Å². The lowest BCUT2D eigenvalue weighted by molar-refractivity contribution is -0.384. The lowest BCUT2D eigenvalue weighted by atomic mass is 10.1. The van der Waals surface area contributed by atoms with E-state index < -0.39 is 4.92 Å². The minimum atomic E-state index is -0.418. The Morgan fingerprint density at radius 2 is 2.35 bits per heavy atom. The van der Waals surface area contributed by atoms with Gasteiger partial charge in [-0.2, -0.15) is 4.98 Å². The number of hydrogen-bond acceptors (Lipinski definition) is 6. The van der Waals surface area contributed by atoms with Crippen LogP contribution in [-0.2, 0) is 0 Å². The minimum absolute atomic E-state index is 0.0587. The molecule has 1 aliphatic heterocycles. The molecule has 0 radical (unpaired) electrons. The molecule has 7 nitrogen and oxygen atoms in total. The standard InChI is InChI=1S/C13H14N4O3/c1-8-7-9(17(18)19)4-5-10(8)13-15-12(16-20-13)11-3-2-6-14-11/h4-5,7,11,14H,2-3,6H2,1H3. The Kier molecular flexibility index (Phi) is 3.19. The predicted molar refractivity (Wildman–Crippen MR) is 71.1 cm³/mol. The number of rotatable bonds is 3. The number of nitro groups is 1. The van der Waals surface area contributed by atoms with Gasteiger partial charge < -0.3 is 9.84 Å². The maximum atomic E-state index is 10.7. The quantitative estimate of drug-likeness (QED) is 0.682. The topological polar surface area (TPSA) is 94.1 Å². The number of benzene rings is 1. The Morgan fingerprint density at radius 1 is 1.50 bits per heavy atom. The van der Waals surface area contributed by atoms with Crippen molar-refractivity contribution in [2.24, 2.45) is 0 Å². The maximum Gasteiger partial charge on any atom is 0.269 e. The summed E-state index contributed by atoms with van der Waals surface area (Å²) in [5.41, 5.74) is 1.53. The number of aryl methyl sites for hydroxylation is 1. The summed E-state index contributed by atoms with van der Waals surface area (Å²) < 4.78 is 5.27. The highest BCUT2D eigenvalue weighted by Gasteiger charge is 2.22. The monoisotopic (exact) mass is 274 g/mol. The van der Waals surface area contributed by atoms with E-state index in [1.54, 1.807) is 13.0 Å². The summed E-state index contributed by atoms with van der Waals surface area (Å²) in [4.78, 5) is 14.7. The lowest BCUT2D eigenvalue weighted by Gasteiger charge is -2.02. The summed E-state index contributed by atoms with van der Waals surface area (Å²) in [5.74, 6) is 1.05. The lowest BCUT2D eigenvalue weighted by Crippen LogP contribution is -2.14. The molecular weight excluding hydrogens is 260 g/mol. The van der Waals surface area contributed by atoms with Crippen LogP contribution in [0.15, 0.2) is 22.7 Å². The summed E-state index contributed by atoms with van der Waals surface area (Å²) >= 11 is 0. The van der Waals surface area contributed by atoms with Crippen molar-refractivity contribution >= 4 is 5.69 Å². The summed E-state index contributed by atoms with van der Waals surface area (Å²) in [6.45, 7) is 2.76. The van der Waals surface area contributed by atoms with Crippen LogP contribution in [0.5, 0.6) is 0 Å². The number of non-ortho nitro benzene ring substituents is 1. The number of nitro benzene ring substituents is 1. The van der Waals surface area contributed by atoms with Crippen LogP contribution < -0.4 is 5.32 Å². The first-order valence-electron chi connectivity index (χ1n) is 6.47. The molecule has 0 spiro atoms. The molecule has 0 saturated carbocycles. The van der Waals surface area contributed by atoms with Crippen LogP contribution >= 0.6 is 0 Å². The van der Waals surface area contributed by atoms with Gasteiger partial charge in [0, 0.05) is 17.7 Å². The average Bonchev–Trinajstić information content (AvgIpc) is 3.09. The highest BCUT2D eigenvalue weighted by Crippen LogP contribution is 2.28. The van der Waals surface area contributed by atoms with Gasteiger partial charge in [-0.05, 0) is 37.9 Å². The summed E-state index contributed by atoms with van der Waals surface area (Å²) in [7, 11) is 0. The van der Waals surface area contributed by atoms with Crippen molar-refractivity contribution in [3.8, 4) is 11.5 Å². The van der Waals surface area contributed by atoms with Crippen LogP contribution in [-0.4, -0.2) is 21.6 Å². The van der Waals surface area contributed by atoms with Gasteiger partial charge in [-0.1, -0.05) is 5.16 Å². The normalized spacial score (nSPS) is 18.4. The number of nitrogens with zero attached hydrogens (tertiary/aromatic N) is 3. The molecule has 2 aromatic rings. The molecule has 0 bridgehead atoms. The molecule has 7 heteroatoms. The second-order valence-electron chi connectivity index (χ2n) is 4.86. The molecule has 1 aliphatic rings. The Balaban J connectivity index is 1.91. The van der Waals surface area contributed by atoms with E-state index in [4.69, 9.17) is 4.52 Å². The van der Waals surface area contributed by atoms with Crippen molar-refractivity contribution in [3.63, 3.8) is 0 Å². The molecule has 3 rings (SSSR count). The maximum absolute atomic E-state index is 10.7. The zero-order valence-corrected chi connectivity index (χ0v) is 11.0. The van der Waals surface area contributed by atoms with Gasteiger partial charge in [-0.25, -0.2) is 0 Å². The molecule has 1 unspecified atom stereocenters. The van der Waals surface area contributed by atoms with Gasteiger partial charge in [-0.3, -0.25) is 10.1 Å². The Morgan fingerprint density at radius 3 is 3.00 bits per heavy atom. The van der Waals surface area contributed by atoms with Gasteiger partial charge in [0.15, 0.2) is 5.82 Å². The van der Waals surface area contributed by atoms with Gasteiger partial charge in [0.25, 0.3) is 11.6 Å². The van der Waals surface area contributed by atoms with Crippen LogP contribution in [0.2, 0.25) is 0 Å². The molecule has 20 heavy (non-hydrogen) atoms. The van der Waals surface area contributed by atoms with Crippen LogP contribution in [0.25, 0.3) is 11.5 Å². The van der Waals surface area contributed by atoms with Gasteiger partial charge in [0.05, 0.1) is 11.0 Å². The second-order valence-corrected chi connectivity index (χ2v) is 4.86. The smallest absolute Gasteiger partial charge is 0.269 e. The summed E-state index contributed by atoms with van der Waals surface area (Å²) in [6.07, 6.45) is 2.10. The molecule has 1 atom stereocenters. The number of hydrogen-bond donors (Lipinski definition) is 1. The molecule has 2 heterocycles. The fourth-order valence-corrected chi connectivity index (χ4v) is 2.39. The van der Waals surface area contributed by atoms with E-state index in [0.29, 0.717) is 11.7 Å². The van der Waals surface area contributed by atoms with E-state index in [-0.39, 0.29) is 11.7 Å². The molecule has 0 amide bonds. The highest BCUT2D eigenvalue weighted by atomic mass is 16.6. The van der Waals surface area contributed by atoms with Crippen molar-refractivity contribution < 1.29 is 9.45 Å². The largest absolute Gasteiger partial charge is 0.334 e. The second kappa shape index (κ2) is 5.01. The zero-order chi connectivity index (χ0) is 14.1. The third-order valence-corrected chi connectivity index (χ3v) is 3.46. The van der Waals surface area contributed by atoms with Crippen molar-refractivity contribution in [1.82, 2.24) is 15.5 Å². The van der Waals surface area contributed by atoms with Crippen LogP contribution in [0.4, 0.5) is 5.69 Å². The Hall–Kier alpha value is -2.28. The molecule has 1 N–H and O–H groups in total. The average molecular weight is 274 g/mol. The van der Waals surface area contributed by atoms with Crippen LogP contribution in [0, 0.1) is 17.0 Å². The van der Waals surface area contributed by atoms with E-state index in [9.17, 15) is 10.1 Å². The number of nitrogens with one attached hydrogen (secondary N) is 1. The van der Waals surface area contributed by atoms with Gasteiger partial charge in [0.2, 0.25) is 0 Å². The predicted octanol–water partition coefficient (Wildman–Crippen LogP) is 2.38. The zero-order valence-electron chi connectivity index (χ0n) is 11.0. The van der Waals surface area contributed by atoms with E-state index >= 15 is 0 Å². The first-order valence-corrected chi connectivity index (χ1v) is 6.47. The fraction of sp³-hybridized carbons (Fsp3) is 0.385. The molecule has 1 saturated heterocycles. The third kappa shape index (κ3) is 2.27. The molecule has 0 aliphatic carbocycles. The molecule has 104 valence electrons. The first-order chi connectivity index (χ1) is 9.65. The third-order valence-electron chi connectivity index (χ3n) is 3.46. The van der Waals surface area contributed by atoms with Crippen LogP contribution in [0.1, 0.15) is 30.3 Å². The van der Waals surface area contributed by atoms with Gasteiger partial charge in [0.1, 0.15) is 0 Å². The first kappa shape index (κ1) is 12.7. The van der Waals surface area contributed by atoms with Crippen LogP contribution in [0.3, 0.4) is 0 Å². The fourth-order valence-electron chi connectivity index (χ4n) is 2.39. The molecular formula is C13H14N4O3. The summed E-state index contributed by atoms with van der Waals surface area (Å²) in [5, 5.41) is 18.0. The Bertz CT molecular complexity index is 647. The van der Waals surface area contributed by atoms with Crippen molar-refractivity contribution in [2.45, 2.75) is 25.8 Å². The van der Waals surface area contributed by atoms with E-state index in [1.807, 2.05) is 0 Å².